The number of phenols is 1. The number of imide groups is 1. The predicted molar refractivity (Wildman–Crippen MR) is 118 cm³/mol. The normalized spacial score (nSPS) is 28.9. The van der Waals surface area contributed by atoms with Gasteiger partial charge in [0.25, 0.3) is 0 Å². The third-order valence-electron chi connectivity index (χ3n) is 7.51. The number of methoxy groups -OCH3 is 1. The first-order valence-electron chi connectivity index (χ1n) is 11.2. The highest BCUT2D eigenvalue weighted by Gasteiger charge is 2.55. The summed E-state index contributed by atoms with van der Waals surface area (Å²) in [5.74, 6) is -2.47. The molecular formula is C26H25NO6. The number of fused-ring (bicyclic) bond motifs is 3. The molecule has 7 nitrogen and oxygen atoms in total. The number of nitrogens with zero attached hydrogens (tertiary/aromatic N) is 1. The fraction of sp³-hybridized carbons (Fsp3) is 0.385. The lowest BCUT2D eigenvalue weighted by Gasteiger charge is -2.42. The highest BCUT2D eigenvalue weighted by Crippen LogP contribution is 2.55. The second-order valence-corrected chi connectivity index (χ2v) is 9.08. The number of carbonyl (C=O) groups excluding carboxylic acids is 4. The number of ketones is 2. The highest BCUT2D eigenvalue weighted by molar-refractivity contribution is 6.23. The van der Waals surface area contributed by atoms with Gasteiger partial charge in [-0.3, -0.25) is 24.1 Å². The number of ether oxygens (including phenoxy) is 1. The van der Waals surface area contributed by atoms with Crippen molar-refractivity contribution in [3.05, 3.63) is 58.2 Å². The van der Waals surface area contributed by atoms with Gasteiger partial charge in [-0.25, -0.2) is 0 Å². The molecule has 1 aromatic carbocycles. The van der Waals surface area contributed by atoms with Crippen molar-refractivity contribution in [1.29, 1.82) is 0 Å². The summed E-state index contributed by atoms with van der Waals surface area (Å²) >= 11 is 0. The van der Waals surface area contributed by atoms with Gasteiger partial charge in [-0.15, -0.1) is 0 Å². The van der Waals surface area contributed by atoms with E-state index in [1.807, 2.05) is 6.08 Å². The van der Waals surface area contributed by atoms with Crippen molar-refractivity contribution < 1.29 is 29.0 Å². The van der Waals surface area contributed by atoms with E-state index in [9.17, 15) is 24.3 Å². The first-order valence-corrected chi connectivity index (χ1v) is 11.2. The summed E-state index contributed by atoms with van der Waals surface area (Å²) in [6, 6.07) is 4.95. The molecule has 0 unspecified atom stereocenters. The number of amides is 2. The smallest absolute Gasteiger partial charge is 0.233 e. The molecule has 33 heavy (non-hydrogen) atoms. The van der Waals surface area contributed by atoms with E-state index in [2.05, 4.69) is 0 Å². The zero-order chi connectivity index (χ0) is 23.6. The molecule has 170 valence electrons. The van der Waals surface area contributed by atoms with E-state index in [0.29, 0.717) is 41.0 Å². The summed E-state index contributed by atoms with van der Waals surface area (Å²) in [5.41, 5.74) is 2.71. The van der Waals surface area contributed by atoms with Gasteiger partial charge in [0.05, 0.1) is 18.9 Å². The van der Waals surface area contributed by atoms with Crippen LogP contribution in [0.15, 0.2) is 52.6 Å². The van der Waals surface area contributed by atoms with Crippen molar-refractivity contribution in [2.75, 3.05) is 13.7 Å². The quantitative estimate of drug-likeness (QED) is 0.434. The Balaban J connectivity index is 1.70. The van der Waals surface area contributed by atoms with Gasteiger partial charge in [-0.05, 0) is 56.4 Å². The minimum absolute atomic E-state index is 0.0697. The maximum Gasteiger partial charge on any atom is 0.233 e. The fourth-order valence-electron chi connectivity index (χ4n) is 6.00. The Hall–Kier alpha value is -3.48. The van der Waals surface area contributed by atoms with Gasteiger partial charge in [-0.2, -0.15) is 0 Å². The average Bonchev–Trinajstić information content (AvgIpc) is 3.05. The van der Waals surface area contributed by atoms with Gasteiger partial charge in [0.15, 0.2) is 23.1 Å². The van der Waals surface area contributed by atoms with Crippen molar-refractivity contribution >= 4 is 23.4 Å². The molecule has 0 bridgehead atoms. The minimum Gasteiger partial charge on any atom is -0.504 e. The maximum absolute atomic E-state index is 13.3. The number of carbonyl (C=O) groups is 4. The minimum atomic E-state index is -0.574. The summed E-state index contributed by atoms with van der Waals surface area (Å²) in [6.45, 7) is 3.72. The van der Waals surface area contributed by atoms with Crippen LogP contribution in [0.1, 0.15) is 38.2 Å². The molecule has 0 spiro atoms. The second kappa shape index (κ2) is 7.54. The van der Waals surface area contributed by atoms with Crippen molar-refractivity contribution in [1.82, 2.24) is 4.90 Å². The predicted octanol–water partition coefficient (Wildman–Crippen LogP) is 2.85. The largest absolute Gasteiger partial charge is 0.504 e. The molecule has 0 radical (unpaired) electrons. The summed E-state index contributed by atoms with van der Waals surface area (Å²) in [7, 11) is 1.45. The monoisotopic (exact) mass is 447 g/mol. The molecule has 7 heteroatoms. The molecule has 1 saturated heterocycles. The lowest BCUT2D eigenvalue weighted by molar-refractivity contribution is -0.139. The van der Waals surface area contributed by atoms with Crippen LogP contribution in [-0.4, -0.2) is 47.0 Å². The number of aromatic hydroxyl groups is 1. The molecule has 1 aromatic rings. The zero-order valence-corrected chi connectivity index (χ0v) is 18.8. The number of phenolic OH excluding ortho intramolecular Hbond substituents is 1. The summed E-state index contributed by atoms with van der Waals surface area (Å²) in [4.78, 5) is 53.7. The molecule has 1 aliphatic heterocycles. The van der Waals surface area contributed by atoms with Crippen LogP contribution in [0.4, 0.5) is 0 Å². The third kappa shape index (κ3) is 2.95. The molecule has 4 aliphatic rings. The Morgan fingerprint density at radius 2 is 1.88 bits per heavy atom. The topological polar surface area (TPSA) is 101 Å². The number of hydrogen-bond acceptors (Lipinski definition) is 6. The number of Topliss-reactive ketones (excluding diaryl/α,β-unsaturated/α-hetero) is 1. The first-order chi connectivity index (χ1) is 15.8. The molecule has 2 amide bonds. The maximum atomic E-state index is 13.3. The Bertz CT molecular complexity index is 1220. The van der Waals surface area contributed by atoms with E-state index < -0.39 is 17.8 Å². The van der Waals surface area contributed by atoms with Crippen molar-refractivity contribution in [2.45, 2.75) is 32.6 Å². The van der Waals surface area contributed by atoms with Crippen LogP contribution in [0.2, 0.25) is 0 Å². The van der Waals surface area contributed by atoms with Gasteiger partial charge >= 0.3 is 0 Å². The standard InChI is InChI=1S/C26H25NO6/c1-4-27-25(31)15-7-6-14-16(22(15)26(27)32)11-17-18(28)9-12(2)24(30)23(17)21(14)13-5-8-20(33-3)19(29)10-13/h5-6,8-10,15-16,21-22,29H,4,7,11H2,1-3H3/t15-,16+,21-,22-/m0/s1. The molecule has 0 aromatic heterocycles. The van der Waals surface area contributed by atoms with E-state index in [0.717, 1.165) is 5.57 Å². The van der Waals surface area contributed by atoms with E-state index >= 15 is 0 Å². The average molecular weight is 447 g/mol. The van der Waals surface area contributed by atoms with Crippen LogP contribution in [0, 0.1) is 17.8 Å². The molecule has 4 atom stereocenters. The number of allylic oxidation sites excluding steroid dienone is 6. The molecular weight excluding hydrogens is 422 g/mol. The molecule has 3 aliphatic carbocycles. The van der Waals surface area contributed by atoms with Crippen LogP contribution in [0.25, 0.3) is 0 Å². The van der Waals surface area contributed by atoms with Crippen molar-refractivity contribution in [3.63, 3.8) is 0 Å². The van der Waals surface area contributed by atoms with Crippen LogP contribution in [-0.2, 0) is 19.2 Å². The second-order valence-electron chi connectivity index (χ2n) is 9.08. The number of rotatable bonds is 3. The van der Waals surface area contributed by atoms with E-state index in [4.69, 9.17) is 4.74 Å². The summed E-state index contributed by atoms with van der Waals surface area (Å²) < 4.78 is 5.17. The van der Waals surface area contributed by atoms with Crippen LogP contribution in [0.5, 0.6) is 11.5 Å². The lowest BCUT2D eigenvalue weighted by Crippen LogP contribution is -2.39. The summed E-state index contributed by atoms with van der Waals surface area (Å²) in [6.07, 6.45) is 4.00. The zero-order valence-electron chi connectivity index (χ0n) is 18.8. The van der Waals surface area contributed by atoms with Crippen LogP contribution < -0.4 is 4.74 Å². The Morgan fingerprint density at radius 3 is 2.55 bits per heavy atom. The molecule has 1 N–H and O–H groups in total. The summed E-state index contributed by atoms with van der Waals surface area (Å²) in [5, 5.41) is 10.4. The van der Waals surface area contributed by atoms with E-state index in [1.54, 1.807) is 32.0 Å². The van der Waals surface area contributed by atoms with Crippen LogP contribution >= 0.6 is 0 Å². The number of hydrogen-bond donors (Lipinski definition) is 1. The number of benzene rings is 1. The molecule has 1 heterocycles. The lowest BCUT2D eigenvalue weighted by atomic mass is 9.59. The van der Waals surface area contributed by atoms with Crippen LogP contribution in [0.3, 0.4) is 0 Å². The number of likely N-dealkylation sites (tertiary alicyclic amines) is 1. The fourth-order valence-corrected chi connectivity index (χ4v) is 6.00. The van der Waals surface area contributed by atoms with Crippen molar-refractivity contribution in [2.24, 2.45) is 17.8 Å². The Labute approximate surface area is 191 Å². The highest BCUT2D eigenvalue weighted by atomic mass is 16.5. The first kappa shape index (κ1) is 21.4. The Kier molecular flexibility index (Phi) is 4.88. The van der Waals surface area contributed by atoms with Gasteiger partial charge in [0.1, 0.15) is 0 Å². The molecule has 1 fully saturated rings. The van der Waals surface area contributed by atoms with Crippen molar-refractivity contribution in [3.8, 4) is 11.5 Å². The molecule has 0 saturated carbocycles. The SMILES string of the molecule is CCN1C(=O)[C@H]2[C@H](CC=C3[C@H](c4ccc(OC)c(O)c4)C4=C(C[C@H]32)C(=O)C=C(C)C4=O)C1=O. The Morgan fingerprint density at radius 1 is 1.12 bits per heavy atom. The van der Waals surface area contributed by atoms with Gasteiger partial charge < -0.3 is 9.84 Å². The van der Waals surface area contributed by atoms with E-state index in [1.165, 1.54) is 18.1 Å². The third-order valence-corrected chi connectivity index (χ3v) is 7.51. The molecule has 5 rings (SSSR count). The van der Waals surface area contributed by atoms with Gasteiger partial charge in [-0.1, -0.05) is 17.7 Å². The van der Waals surface area contributed by atoms with Gasteiger partial charge in [0.2, 0.25) is 11.8 Å². The van der Waals surface area contributed by atoms with E-state index in [-0.39, 0.29) is 41.5 Å². The van der Waals surface area contributed by atoms with Gasteiger partial charge in [0, 0.05) is 29.2 Å².